The van der Waals surface area contributed by atoms with E-state index in [4.69, 9.17) is 9.98 Å². The first kappa shape index (κ1) is 27.3. The lowest BCUT2D eigenvalue weighted by atomic mass is 9.97. The number of tetrazole rings is 1. The summed E-state index contributed by atoms with van der Waals surface area (Å²) in [4.78, 5) is 12.9. The SMILES string of the molecule is CCCc1nc2c(C)cc(C3=NC4=CCCCC4N3C(C)C)cc2n1Cc1ccc(-c2ccccc2)c(-c2nn[nH]n2)c1. The molecule has 2 aliphatic rings. The molecule has 8 nitrogen and oxygen atoms in total. The van der Waals surface area contributed by atoms with Gasteiger partial charge in [-0.25, -0.2) is 9.98 Å². The van der Waals surface area contributed by atoms with E-state index in [9.17, 15) is 0 Å². The van der Waals surface area contributed by atoms with Crippen molar-refractivity contribution < 1.29 is 0 Å². The van der Waals surface area contributed by atoms with Crippen LogP contribution in [-0.2, 0) is 13.0 Å². The molecule has 0 amide bonds. The molecular formula is C35H38N8. The van der Waals surface area contributed by atoms with Crippen LogP contribution in [0, 0.1) is 6.92 Å². The van der Waals surface area contributed by atoms with Gasteiger partial charge in [-0.3, -0.25) is 0 Å². The molecule has 7 rings (SSSR count). The van der Waals surface area contributed by atoms with Gasteiger partial charge in [-0.05, 0) is 92.1 Å². The zero-order valence-electron chi connectivity index (χ0n) is 25.4. The lowest BCUT2D eigenvalue weighted by Gasteiger charge is -2.33. The second-order valence-corrected chi connectivity index (χ2v) is 12.0. The van der Waals surface area contributed by atoms with Crippen molar-refractivity contribution in [1.82, 2.24) is 35.1 Å². The van der Waals surface area contributed by atoms with Gasteiger partial charge in [0.25, 0.3) is 0 Å². The Morgan fingerprint density at radius 1 is 1.00 bits per heavy atom. The number of amidine groups is 1. The average molecular weight is 571 g/mol. The maximum atomic E-state index is 5.22. The summed E-state index contributed by atoms with van der Waals surface area (Å²) in [7, 11) is 0. The molecule has 0 bridgehead atoms. The van der Waals surface area contributed by atoms with Gasteiger partial charge in [-0.2, -0.15) is 5.21 Å². The summed E-state index contributed by atoms with van der Waals surface area (Å²) in [6, 6.07) is 22.3. The zero-order valence-corrected chi connectivity index (χ0v) is 25.4. The molecule has 0 saturated carbocycles. The highest BCUT2D eigenvalue weighted by atomic mass is 15.5. The highest BCUT2D eigenvalue weighted by molar-refractivity contribution is 6.04. The fraction of sp³-hybridized carbons (Fsp3) is 0.343. The predicted octanol–water partition coefficient (Wildman–Crippen LogP) is 7.10. The van der Waals surface area contributed by atoms with Crippen LogP contribution >= 0.6 is 0 Å². The number of fused-ring (bicyclic) bond motifs is 2. The van der Waals surface area contributed by atoms with Gasteiger partial charge in [-0.1, -0.05) is 55.5 Å². The number of H-pyrrole nitrogens is 1. The molecule has 218 valence electrons. The van der Waals surface area contributed by atoms with Crippen LogP contribution < -0.4 is 0 Å². The highest BCUT2D eigenvalue weighted by Crippen LogP contribution is 2.36. The molecule has 43 heavy (non-hydrogen) atoms. The molecule has 0 spiro atoms. The molecule has 0 radical (unpaired) electrons. The third-order valence-electron chi connectivity index (χ3n) is 8.70. The molecule has 0 saturated heterocycles. The molecule has 1 unspecified atom stereocenters. The lowest BCUT2D eigenvalue weighted by Crippen LogP contribution is -2.42. The summed E-state index contributed by atoms with van der Waals surface area (Å²) in [5.74, 6) is 2.79. The molecule has 1 atom stereocenters. The Labute approximate surface area is 252 Å². The molecule has 2 aromatic heterocycles. The van der Waals surface area contributed by atoms with E-state index in [1.165, 1.54) is 29.7 Å². The van der Waals surface area contributed by atoms with Gasteiger partial charge in [0.1, 0.15) is 11.7 Å². The standard InChI is InChI=1S/C35H38N8/c1-5-11-32-37-33-23(4)18-26(35-36-29-14-9-10-15-30(29)43(35)22(2)3)20-31(33)42(32)21-24-16-17-27(25-12-7-6-8-13-25)28(19-24)34-38-40-41-39-34/h6-8,12-14,16-20,22,30H,5,9-11,15,21H2,1-4H3,(H,38,39,40,41). The molecule has 8 heteroatoms. The van der Waals surface area contributed by atoms with E-state index in [0.29, 0.717) is 24.5 Å². The van der Waals surface area contributed by atoms with Crippen LogP contribution in [0.3, 0.4) is 0 Å². The first-order valence-corrected chi connectivity index (χ1v) is 15.5. The zero-order chi connectivity index (χ0) is 29.5. The second-order valence-electron chi connectivity index (χ2n) is 12.0. The van der Waals surface area contributed by atoms with Gasteiger partial charge in [0.2, 0.25) is 5.82 Å². The summed E-state index contributed by atoms with van der Waals surface area (Å²) < 4.78 is 2.40. The number of aryl methyl sites for hydroxylation is 2. The van der Waals surface area contributed by atoms with Gasteiger partial charge in [0.05, 0.1) is 22.8 Å². The van der Waals surface area contributed by atoms with Crippen molar-refractivity contribution >= 4 is 16.9 Å². The predicted molar refractivity (Wildman–Crippen MR) is 172 cm³/mol. The smallest absolute Gasteiger partial charge is 0.205 e. The van der Waals surface area contributed by atoms with E-state index in [1.54, 1.807) is 0 Å². The number of nitrogens with zero attached hydrogens (tertiary/aromatic N) is 7. The van der Waals surface area contributed by atoms with Crippen molar-refractivity contribution in [2.75, 3.05) is 0 Å². The molecule has 1 N–H and O–H groups in total. The summed E-state index contributed by atoms with van der Waals surface area (Å²) in [5.41, 5.74) is 10.1. The third-order valence-corrected chi connectivity index (χ3v) is 8.70. The maximum absolute atomic E-state index is 5.22. The topological polar surface area (TPSA) is 87.9 Å². The Hall–Kier alpha value is -4.59. The average Bonchev–Trinajstić information content (AvgIpc) is 3.76. The molecule has 0 fully saturated rings. The van der Waals surface area contributed by atoms with Crippen molar-refractivity contribution in [1.29, 1.82) is 0 Å². The van der Waals surface area contributed by atoms with Crippen LogP contribution in [0.5, 0.6) is 0 Å². The van der Waals surface area contributed by atoms with Gasteiger partial charge < -0.3 is 9.47 Å². The Morgan fingerprint density at radius 2 is 1.86 bits per heavy atom. The van der Waals surface area contributed by atoms with Crippen LogP contribution in [-0.4, -0.2) is 53.0 Å². The Balaban J connectivity index is 1.34. The van der Waals surface area contributed by atoms with Crippen LogP contribution in [0.1, 0.15) is 69.0 Å². The second kappa shape index (κ2) is 11.2. The maximum Gasteiger partial charge on any atom is 0.205 e. The number of aliphatic imine (C=N–C) groups is 1. The number of allylic oxidation sites excluding steroid dienone is 1. The molecule has 3 heterocycles. The molecule has 3 aromatic carbocycles. The van der Waals surface area contributed by atoms with Gasteiger partial charge in [-0.15, -0.1) is 10.2 Å². The molecule has 5 aromatic rings. The van der Waals surface area contributed by atoms with Crippen molar-refractivity contribution in [3.63, 3.8) is 0 Å². The van der Waals surface area contributed by atoms with E-state index in [0.717, 1.165) is 64.2 Å². The van der Waals surface area contributed by atoms with Crippen molar-refractivity contribution in [2.45, 2.75) is 78.4 Å². The highest BCUT2D eigenvalue weighted by Gasteiger charge is 2.35. The number of imidazole rings is 1. The van der Waals surface area contributed by atoms with E-state index in [1.807, 2.05) is 6.07 Å². The fourth-order valence-electron chi connectivity index (χ4n) is 6.76. The van der Waals surface area contributed by atoms with Crippen molar-refractivity contribution in [2.24, 2.45) is 4.99 Å². The monoisotopic (exact) mass is 570 g/mol. The summed E-state index contributed by atoms with van der Waals surface area (Å²) >= 11 is 0. The van der Waals surface area contributed by atoms with E-state index >= 15 is 0 Å². The quantitative estimate of drug-likeness (QED) is 0.215. The van der Waals surface area contributed by atoms with Gasteiger partial charge in [0, 0.05) is 30.1 Å². The largest absolute Gasteiger partial charge is 0.345 e. The number of benzene rings is 3. The minimum absolute atomic E-state index is 0.371. The van der Waals surface area contributed by atoms with Gasteiger partial charge in [0.15, 0.2) is 0 Å². The summed E-state index contributed by atoms with van der Waals surface area (Å²) in [6.45, 7) is 9.66. The molecule has 1 aliphatic carbocycles. The summed E-state index contributed by atoms with van der Waals surface area (Å²) in [5, 5.41) is 15.2. The Morgan fingerprint density at radius 3 is 2.63 bits per heavy atom. The van der Waals surface area contributed by atoms with Crippen molar-refractivity contribution in [3.05, 3.63) is 95.0 Å². The van der Waals surface area contributed by atoms with Crippen LogP contribution in [0.15, 0.2) is 77.4 Å². The summed E-state index contributed by atoms with van der Waals surface area (Å²) in [6.07, 6.45) is 7.79. The minimum atomic E-state index is 0.371. The number of rotatable bonds is 8. The Bertz CT molecular complexity index is 1830. The normalized spacial score (nSPS) is 16.6. The number of hydrogen-bond acceptors (Lipinski definition) is 6. The van der Waals surface area contributed by atoms with Crippen LogP contribution in [0.25, 0.3) is 33.5 Å². The van der Waals surface area contributed by atoms with Gasteiger partial charge >= 0.3 is 0 Å². The van der Waals surface area contributed by atoms with Crippen LogP contribution in [0.2, 0.25) is 0 Å². The number of aromatic amines is 1. The Kier molecular flexibility index (Phi) is 7.13. The van der Waals surface area contributed by atoms with E-state index in [-0.39, 0.29) is 0 Å². The fourth-order valence-corrected chi connectivity index (χ4v) is 6.76. The minimum Gasteiger partial charge on any atom is -0.345 e. The third kappa shape index (κ3) is 4.94. The molecular weight excluding hydrogens is 532 g/mol. The number of hydrogen-bond donors (Lipinski definition) is 1. The molecule has 1 aliphatic heterocycles. The number of aromatic nitrogens is 6. The lowest BCUT2D eigenvalue weighted by molar-refractivity contribution is 0.284. The first-order chi connectivity index (χ1) is 21.0. The van der Waals surface area contributed by atoms with E-state index in [2.05, 4.69) is 118 Å². The van der Waals surface area contributed by atoms with E-state index < -0.39 is 0 Å². The van der Waals surface area contributed by atoms with Crippen LogP contribution in [0.4, 0.5) is 0 Å². The first-order valence-electron chi connectivity index (χ1n) is 15.5. The number of nitrogens with one attached hydrogen (secondary N) is 1. The van der Waals surface area contributed by atoms with Crippen molar-refractivity contribution in [3.8, 4) is 22.5 Å².